The Kier molecular flexibility index (Phi) is 6.04. The van der Waals surface area contributed by atoms with Crippen LogP contribution in [0.1, 0.15) is 24.3 Å². The fourth-order valence-electron chi connectivity index (χ4n) is 3.85. The molecular formula is C24H22ClN3O3S. The van der Waals surface area contributed by atoms with Crippen LogP contribution in [0.3, 0.4) is 0 Å². The minimum Gasteiger partial charge on any atom is -0.441 e. The van der Waals surface area contributed by atoms with Crippen molar-refractivity contribution >= 4 is 34.3 Å². The maximum atomic E-state index is 13.2. The van der Waals surface area contributed by atoms with Crippen LogP contribution in [0.25, 0.3) is 22.4 Å². The first-order chi connectivity index (χ1) is 15.6. The topological polar surface area (TPSA) is 70.2 Å². The van der Waals surface area contributed by atoms with E-state index in [0.717, 1.165) is 36.5 Å². The zero-order valence-corrected chi connectivity index (χ0v) is 19.2. The first-order valence-corrected chi connectivity index (χ1v) is 11.9. The lowest BCUT2D eigenvalue weighted by molar-refractivity contribution is 0.0937. The van der Waals surface area contributed by atoms with Gasteiger partial charge in [-0.2, -0.15) is 0 Å². The Morgan fingerprint density at radius 1 is 1.19 bits per heavy atom. The molecule has 0 amide bonds. The van der Waals surface area contributed by atoms with Crippen LogP contribution in [0.15, 0.2) is 62.9 Å². The predicted octanol–water partition coefficient (Wildman–Crippen LogP) is 5.48. The maximum absolute atomic E-state index is 13.2. The first kappa shape index (κ1) is 21.2. The zero-order valence-electron chi connectivity index (χ0n) is 17.6. The lowest BCUT2D eigenvalue weighted by Crippen LogP contribution is -2.28. The normalized spacial score (nSPS) is 16.1. The number of para-hydroxylation sites is 1. The molecule has 0 aliphatic carbocycles. The van der Waals surface area contributed by atoms with Gasteiger partial charge in [0, 0.05) is 22.9 Å². The van der Waals surface area contributed by atoms with Gasteiger partial charge in [0.25, 0.3) is 5.56 Å². The predicted molar refractivity (Wildman–Crippen MR) is 126 cm³/mol. The summed E-state index contributed by atoms with van der Waals surface area (Å²) < 4.78 is 13.4. The van der Waals surface area contributed by atoms with Crippen molar-refractivity contribution in [2.24, 2.45) is 0 Å². The van der Waals surface area contributed by atoms with Gasteiger partial charge in [-0.25, -0.2) is 9.97 Å². The van der Waals surface area contributed by atoms with Crippen LogP contribution in [-0.4, -0.2) is 27.2 Å². The summed E-state index contributed by atoms with van der Waals surface area (Å²) in [5.74, 6) is 1.80. The summed E-state index contributed by atoms with van der Waals surface area (Å²) in [5.41, 5.74) is 2.30. The SMILES string of the molecule is Cc1oc(-c2cccc(Cl)c2)nc1CSc1nc2ccccc2c(=O)n1C[C@H]1CCCO1. The molecule has 4 aromatic rings. The highest BCUT2D eigenvalue weighted by Gasteiger charge is 2.21. The Hall–Kier alpha value is -2.61. The van der Waals surface area contributed by atoms with Crippen LogP contribution in [-0.2, 0) is 17.0 Å². The van der Waals surface area contributed by atoms with Crippen molar-refractivity contribution < 1.29 is 9.15 Å². The Labute approximate surface area is 194 Å². The fourth-order valence-corrected chi connectivity index (χ4v) is 5.05. The van der Waals surface area contributed by atoms with Crippen LogP contribution in [0.2, 0.25) is 5.02 Å². The third-order valence-corrected chi connectivity index (χ3v) is 6.76. The molecule has 32 heavy (non-hydrogen) atoms. The smallest absolute Gasteiger partial charge is 0.262 e. The Morgan fingerprint density at radius 2 is 2.06 bits per heavy atom. The average molecular weight is 468 g/mol. The second-order valence-corrected chi connectivity index (χ2v) is 9.16. The van der Waals surface area contributed by atoms with E-state index < -0.39 is 0 Å². The van der Waals surface area contributed by atoms with Gasteiger partial charge < -0.3 is 9.15 Å². The maximum Gasteiger partial charge on any atom is 0.262 e. The molecule has 164 valence electrons. The van der Waals surface area contributed by atoms with E-state index in [9.17, 15) is 4.79 Å². The molecule has 0 unspecified atom stereocenters. The van der Waals surface area contributed by atoms with Gasteiger partial charge in [0.1, 0.15) is 5.76 Å². The number of halogens is 1. The van der Waals surface area contributed by atoms with Crippen molar-refractivity contribution in [3.8, 4) is 11.5 Å². The molecule has 1 atom stereocenters. The molecule has 1 saturated heterocycles. The summed E-state index contributed by atoms with van der Waals surface area (Å²) in [6.45, 7) is 3.14. The second-order valence-electron chi connectivity index (χ2n) is 7.78. The summed E-state index contributed by atoms with van der Waals surface area (Å²) in [5, 5.41) is 1.92. The number of hydrogen-bond donors (Lipinski definition) is 0. The van der Waals surface area contributed by atoms with Gasteiger partial charge in [0.05, 0.1) is 29.2 Å². The third-order valence-electron chi connectivity index (χ3n) is 5.54. The largest absolute Gasteiger partial charge is 0.441 e. The second kappa shape index (κ2) is 9.10. The van der Waals surface area contributed by atoms with Crippen molar-refractivity contribution in [1.82, 2.24) is 14.5 Å². The van der Waals surface area contributed by atoms with Gasteiger partial charge in [-0.05, 0) is 50.1 Å². The quantitative estimate of drug-likeness (QED) is 0.276. The van der Waals surface area contributed by atoms with E-state index >= 15 is 0 Å². The molecule has 1 aliphatic heterocycles. The molecule has 3 heterocycles. The molecule has 0 saturated carbocycles. The van der Waals surface area contributed by atoms with E-state index in [1.807, 2.05) is 55.5 Å². The lowest BCUT2D eigenvalue weighted by Gasteiger charge is -2.16. The van der Waals surface area contributed by atoms with E-state index in [0.29, 0.717) is 39.3 Å². The standard InChI is InChI=1S/C24H22ClN3O3S/c1-15-21(26-22(31-15)16-6-4-7-17(25)12-16)14-32-24-27-20-10-3-2-9-19(20)23(29)28(24)13-18-8-5-11-30-18/h2-4,6-7,9-10,12,18H,5,8,11,13-14H2,1H3/t18-/m1/s1. The molecule has 8 heteroatoms. The monoisotopic (exact) mass is 467 g/mol. The molecule has 2 aromatic carbocycles. The third kappa shape index (κ3) is 4.33. The van der Waals surface area contributed by atoms with E-state index in [2.05, 4.69) is 4.98 Å². The van der Waals surface area contributed by atoms with E-state index in [-0.39, 0.29) is 11.7 Å². The summed E-state index contributed by atoms with van der Waals surface area (Å²) >= 11 is 7.59. The van der Waals surface area contributed by atoms with E-state index in [1.54, 1.807) is 4.57 Å². The number of aromatic nitrogens is 3. The number of nitrogens with zero attached hydrogens (tertiary/aromatic N) is 3. The number of rotatable bonds is 6. The number of thioether (sulfide) groups is 1. The highest BCUT2D eigenvalue weighted by molar-refractivity contribution is 7.98. The van der Waals surface area contributed by atoms with Crippen LogP contribution in [0, 0.1) is 6.92 Å². The molecule has 1 fully saturated rings. The van der Waals surface area contributed by atoms with Crippen molar-refractivity contribution in [2.75, 3.05) is 6.61 Å². The van der Waals surface area contributed by atoms with Crippen molar-refractivity contribution in [1.29, 1.82) is 0 Å². The van der Waals surface area contributed by atoms with Crippen molar-refractivity contribution in [3.63, 3.8) is 0 Å². The van der Waals surface area contributed by atoms with E-state index in [4.69, 9.17) is 25.7 Å². The molecule has 1 aliphatic rings. The number of aryl methyl sites for hydroxylation is 1. The number of hydrogen-bond acceptors (Lipinski definition) is 6. The molecule has 6 nitrogen and oxygen atoms in total. The molecule has 0 N–H and O–H groups in total. The highest BCUT2D eigenvalue weighted by atomic mass is 35.5. The van der Waals surface area contributed by atoms with Crippen molar-refractivity contribution in [3.05, 3.63) is 75.4 Å². The van der Waals surface area contributed by atoms with Gasteiger partial charge >= 0.3 is 0 Å². The number of ether oxygens (including phenoxy) is 1. The average Bonchev–Trinajstić information content (AvgIpc) is 3.44. The fraction of sp³-hybridized carbons (Fsp3) is 0.292. The number of oxazole rings is 1. The number of fused-ring (bicyclic) bond motifs is 1. The molecular weight excluding hydrogens is 446 g/mol. The van der Waals surface area contributed by atoms with Crippen LogP contribution in [0.4, 0.5) is 0 Å². The summed E-state index contributed by atoms with van der Waals surface area (Å²) in [7, 11) is 0. The zero-order chi connectivity index (χ0) is 22.1. The van der Waals surface area contributed by atoms with E-state index in [1.165, 1.54) is 11.8 Å². The summed E-state index contributed by atoms with van der Waals surface area (Å²) in [4.78, 5) is 22.7. The Morgan fingerprint density at radius 3 is 2.88 bits per heavy atom. The summed E-state index contributed by atoms with van der Waals surface area (Å²) in [6.07, 6.45) is 2.01. The van der Waals surface area contributed by atoms with Gasteiger partial charge in [0.2, 0.25) is 5.89 Å². The molecule has 5 rings (SSSR count). The Balaban J connectivity index is 1.45. The summed E-state index contributed by atoms with van der Waals surface area (Å²) in [6, 6.07) is 14.9. The lowest BCUT2D eigenvalue weighted by atomic mass is 10.2. The van der Waals surface area contributed by atoms with Crippen LogP contribution >= 0.6 is 23.4 Å². The van der Waals surface area contributed by atoms with Gasteiger partial charge in [-0.3, -0.25) is 9.36 Å². The van der Waals surface area contributed by atoms with Crippen molar-refractivity contribution in [2.45, 2.75) is 43.3 Å². The first-order valence-electron chi connectivity index (χ1n) is 10.5. The molecule has 0 radical (unpaired) electrons. The van der Waals surface area contributed by atoms with Gasteiger partial charge in [0.15, 0.2) is 5.16 Å². The van der Waals surface area contributed by atoms with Crippen LogP contribution in [0.5, 0.6) is 0 Å². The highest BCUT2D eigenvalue weighted by Crippen LogP contribution is 2.29. The van der Waals surface area contributed by atoms with Gasteiger partial charge in [-0.15, -0.1) is 0 Å². The van der Waals surface area contributed by atoms with Gasteiger partial charge in [-0.1, -0.05) is 41.6 Å². The molecule has 0 bridgehead atoms. The van der Waals surface area contributed by atoms with Crippen LogP contribution < -0.4 is 5.56 Å². The number of benzene rings is 2. The Bertz CT molecular complexity index is 1330. The minimum atomic E-state index is -0.0370. The molecule has 2 aromatic heterocycles. The molecule has 0 spiro atoms. The minimum absolute atomic E-state index is 0.0370.